The van der Waals surface area contributed by atoms with Crippen LogP contribution in [0, 0.1) is 11.3 Å². The van der Waals surface area contributed by atoms with Gasteiger partial charge in [-0.15, -0.1) is 0 Å². The summed E-state index contributed by atoms with van der Waals surface area (Å²) < 4.78 is 5.00. The molecule has 0 saturated carbocycles. The highest BCUT2D eigenvalue weighted by Crippen LogP contribution is 2.29. The molecule has 0 saturated heterocycles. The molecule has 0 aliphatic rings. The summed E-state index contributed by atoms with van der Waals surface area (Å²) in [6.45, 7) is 4.78. The molecule has 1 aromatic heterocycles. The number of pyridine rings is 1. The lowest BCUT2D eigenvalue weighted by Crippen LogP contribution is -2.31. The number of rotatable bonds is 5. The van der Waals surface area contributed by atoms with Crippen LogP contribution in [-0.4, -0.2) is 30.6 Å². The van der Waals surface area contributed by atoms with Crippen molar-refractivity contribution in [1.29, 1.82) is 5.26 Å². The molecule has 0 atom stereocenters. The first-order valence-corrected chi connectivity index (χ1v) is 6.89. The predicted octanol–water partition coefficient (Wildman–Crippen LogP) is 2.50. The van der Waals surface area contributed by atoms with Crippen molar-refractivity contribution in [3.05, 3.63) is 36.0 Å². The molecule has 1 aromatic carbocycles. The zero-order valence-corrected chi connectivity index (χ0v) is 12.2. The number of hydrogen-bond donors (Lipinski definition) is 0. The van der Waals surface area contributed by atoms with Gasteiger partial charge in [0.25, 0.3) is 0 Å². The fourth-order valence-corrected chi connectivity index (χ4v) is 2.26. The number of esters is 1. The minimum Gasteiger partial charge on any atom is -0.465 e. The molecular formula is C16H17N3O2. The topological polar surface area (TPSA) is 66.2 Å². The first kappa shape index (κ1) is 14.8. The van der Waals surface area contributed by atoms with Crippen molar-refractivity contribution in [2.24, 2.45) is 0 Å². The Morgan fingerprint density at radius 1 is 1.38 bits per heavy atom. The van der Waals surface area contributed by atoms with Crippen molar-refractivity contribution in [1.82, 2.24) is 4.98 Å². The smallest absolute Gasteiger partial charge is 0.325 e. The van der Waals surface area contributed by atoms with Crippen LogP contribution in [0.5, 0.6) is 0 Å². The quantitative estimate of drug-likeness (QED) is 0.789. The Balaban J connectivity index is 2.51. The third-order valence-corrected chi connectivity index (χ3v) is 3.19. The van der Waals surface area contributed by atoms with E-state index in [1.165, 1.54) is 0 Å². The Morgan fingerprint density at radius 2 is 2.14 bits per heavy atom. The van der Waals surface area contributed by atoms with Gasteiger partial charge in [-0.3, -0.25) is 9.78 Å². The van der Waals surface area contributed by atoms with E-state index in [1.54, 1.807) is 13.1 Å². The highest BCUT2D eigenvalue weighted by molar-refractivity contribution is 5.95. The van der Waals surface area contributed by atoms with Gasteiger partial charge in [0, 0.05) is 18.1 Å². The fourth-order valence-electron chi connectivity index (χ4n) is 2.26. The summed E-state index contributed by atoms with van der Waals surface area (Å²) in [6.07, 6.45) is 1.55. The summed E-state index contributed by atoms with van der Waals surface area (Å²) in [5.41, 5.74) is 1.99. The number of hydrogen-bond acceptors (Lipinski definition) is 5. The summed E-state index contributed by atoms with van der Waals surface area (Å²) in [5, 5.41) is 10.2. The van der Waals surface area contributed by atoms with Crippen LogP contribution >= 0.6 is 0 Å². The second-order valence-electron chi connectivity index (χ2n) is 4.47. The molecule has 5 heteroatoms. The first-order chi connectivity index (χ1) is 10.2. The fraction of sp³-hybridized carbons (Fsp3) is 0.312. The third-order valence-electron chi connectivity index (χ3n) is 3.19. The number of carbonyl (C=O) groups is 1. The summed E-state index contributed by atoms with van der Waals surface area (Å²) >= 11 is 0. The number of para-hydroxylation sites is 1. The van der Waals surface area contributed by atoms with Crippen LogP contribution < -0.4 is 4.90 Å². The van der Waals surface area contributed by atoms with E-state index in [0.29, 0.717) is 18.7 Å². The van der Waals surface area contributed by atoms with Crippen molar-refractivity contribution in [2.45, 2.75) is 13.8 Å². The number of aromatic nitrogens is 1. The molecule has 0 unspecified atom stereocenters. The Morgan fingerprint density at radius 3 is 2.81 bits per heavy atom. The number of fused-ring (bicyclic) bond motifs is 1. The lowest BCUT2D eigenvalue weighted by molar-refractivity contribution is -0.141. The molecule has 108 valence electrons. The Bertz CT molecular complexity index is 691. The molecule has 2 aromatic rings. The van der Waals surface area contributed by atoms with Crippen LogP contribution in [0.15, 0.2) is 30.5 Å². The van der Waals surface area contributed by atoms with Gasteiger partial charge in [-0.25, -0.2) is 0 Å². The Kier molecular flexibility index (Phi) is 4.72. The van der Waals surface area contributed by atoms with Gasteiger partial charge in [0.15, 0.2) is 0 Å². The monoisotopic (exact) mass is 283 g/mol. The molecular weight excluding hydrogens is 266 g/mol. The van der Waals surface area contributed by atoms with Crippen molar-refractivity contribution >= 4 is 22.6 Å². The number of nitrogens with zero attached hydrogens (tertiary/aromatic N) is 3. The Labute approximate surface area is 123 Å². The number of benzene rings is 1. The van der Waals surface area contributed by atoms with Crippen LogP contribution in [-0.2, 0) is 9.53 Å². The molecule has 1 heterocycles. The van der Waals surface area contributed by atoms with E-state index >= 15 is 0 Å². The van der Waals surface area contributed by atoms with Crippen LogP contribution in [0.3, 0.4) is 0 Å². The van der Waals surface area contributed by atoms with Crippen LogP contribution in [0.2, 0.25) is 0 Å². The second-order valence-corrected chi connectivity index (χ2v) is 4.47. The SMILES string of the molecule is CCOC(=O)CN(CC)c1c(C#N)cnc2ccccc12. The van der Waals surface area contributed by atoms with Gasteiger partial charge in [-0.2, -0.15) is 5.26 Å². The number of nitriles is 1. The van der Waals surface area contributed by atoms with Crippen molar-refractivity contribution in [3.63, 3.8) is 0 Å². The average Bonchev–Trinajstić information content (AvgIpc) is 2.52. The van der Waals surface area contributed by atoms with Gasteiger partial charge < -0.3 is 9.64 Å². The zero-order valence-electron chi connectivity index (χ0n) is 12.2. The third kappa shape index (κ3) is 3.11. The van der Waals surface area contributed by atoms with Crippen molar-refractivity contribution < 1.29 is 9.53 Å². The molecule has 0 fully saturated rings. The van der Waals surface area contributed by atoms with Crippen molar-refractivity contribution in [2.75, 3.05) is 24.6 Å². The molecule has 0 bridgehead atoms. The van der Waals surface area contributed by atoms with E-state index in [2.05, 4.69) is 11.1 Å². The highest BCUT2D eigenvalue weighted by Gasteiger charge is 2.17. The van der Waals surface area contributed by atoms with Crippen LogP contribution in [0.25, 0.3) is 10.9 Å². The van der Waals surface area contributed by atoms with Gasteiger partial charge >= 0.3 is 5.97 Å². The molecule has 21 heavy (non-hydrogen) atoms. The summed E-state index contributed by atoms with van der Waals surface area (Å²) in [7, 11) is 0. The molecule has 0 amide bonds. The number of anilines is 1. The lowest BCUT2D eigenvalue weighted by Gasteiger charge is -2.24. The molecule has 0 spiro atoms. The van der Waals surface area contributed by atoms with E-state index in [-0.39, 0.29) is 12.5 Å². The lowest BCUT2D eigenvalue weighted by atomic mass is 10.1. The second kappa shape index (κ2) is 6.71. The molecule has 5 nitrogen and oxygen atoms in total. The van der Waals surface area contributed by atoms with E-state index in [0.717, 1.165) is 16.6 Å². The summed E-state index contributed by atoms with van der Waals surface area (Å²) in [5.74, 6) is -0.302. The molecule has 0 radical (unpaired) electrons. The standard InChI is InChI=1S/C16H17N3O2/c1-3-19(11-15(20)21-4-2)16-12(9-17)10-18-14-8-6-5-7-13(14)16/h5-8,10H,3-4,11H2,1-2H3. The van der Waals surface area contributed by atoms with Gasteiger partial charge in [-0.1, -0.05) is 18.2 Å². The van der Waals surface area contributed by atoms with Gasteiger partial charge in [0.1, 0.15) is 12.6 Å². The Hall–Kier alpha value is -2.61. The average molecular weight is 283 g/mol. The molecule has 0 N–H and O–H groups in total. The van der Waals surface area contributed by atoms with Gasteiger partial charge in [-0.05, 0) is 19.9 Å². The predicted molar refractivity (Wildman–Crippen MR) is 81.0 cm³/mol. The summed E-state index contributed by atoms with van der Waals surface area (Å²) in [4.78, 5) is 17.9. The maximum Gasteiger partial charge on any atom is 0.325 e. The minimum atomic E-state index is -0.302. The largest absolute Gasteiger partial charge is 0.465 e. The van der Waals surface area contributed by atoms with E-state index in [9.17, 15) is 10.1 Å². The normalized spacial score (nSPS) is 10.1. The molecule has 0 aliphatic heterocycles. The zero-order chi connectivity index (χ0) is 15.2. The van der Waals surface area contributed by atoms with E-state index in [4.69, 9.17) is 4.74 Å². The highest BCUT2D eigenvalue weighted by atomic mass is 16.5. The maximum absolute atomic E-state index is 11.8. The number of ether oxygens (including phenoxy) is 1. The molecule has 2 rings (SSSR count). The summed E-state index contributed by atoms with van der Waals surface area (Å²) in [6, 6.07) is 9.74. The van der Waals surface area contributed by atoms with Gasteiger partial charge in [0.2, 0.25) is 0 Å². The van der Waals surface area contributed by atoms with Crippen molar-refractivity contribution in [3.8, 4) is 6.07 Å². The number of likely N-dealkylation sites (N-methyl/N-ethyl adjacent to an activating group) is 1. The van der Waals surface area contributed by atoms with E-state index < -0.39 is 0 Å². The van der Waals surface area contributed by atoms with Crippen LogP contribution in [0.1, 0.15) is 19.4 Å². The maximum atomic E-state index is 11.8. The minimum absolute atomic E-state index is 0.118. The number of carbonyl (C=O) groups excluding carboxylic acids is 1. The van der Waals surface area contributed by atoms with Crippen LogP contribution in [0.4, 0.5) is 5.69 Å². The van der Waals surface area contributed by atoms with E-state index in [1.807, 2.05) is 36.1 Å². The molecule has 0 aliphatic carbocycles. The van der Waals surface area contributed by atoms with Gasteiger partial charge in [0.05, 0.1) is 23.4 Å². The first-order valence-electron chi connectivity index (χ1n) is 6.89.